The lowest BCUT2D eigenvalue weighted by atomic mass is 9.95. The summed E-state index contributed by atoms with van der Waals surface area (Å²) in [5.74, 6) is -1.83. The second kappa shape index (κ2) is 16.1. The van der Waals surface area contributed by atoms with Gasteiger partial charge in [-0.3, -0.25) is 25.0 Å². The summed E-state index contributed by atoms with van der Waals surface area (Å²) in [7, 11) is 0. The number of rotatable bonds is 8. The van der Waals surface area contributed by atoms with Gasteiger partial charge in [0.15, 0.2) is 0 Å². The van der Waals surface area contributed by atoms with Crippen LogP contribution in [0.3, 0.4) is 0 Å². The summed E-state index contributed by atoms with van der Waals surface area (Å²) in [4.78, 5) is 59.4. The smallest absolute Gasteiger partial charge is 0.352 e. The molecule has 240 valence electrons. The van der Waals surface area contributed by atoms with Gasteiger partial charge in [0.2, 0.25) is 6.10 Å². The van der Waals surface area contributed by atoms with Crippen LogP contribution in [0.15, 0.2) is 76.7 Å². The highest BCUT2D eigenvalue weighted by atomic mass is 16.6. The molecule has 1 aromatic heterocycles. The van der Waals surface area contributed by atoms with E-state index in [1.807, 2.05) is 58.9 Å². The van der Waals surface area contributed by atoms with Gasteiger partial charge in [-0.2, -0.15) is 0 Å². The van der Waals surface area contributed by atoms with Crippen molar-refractivity contribution >= 4 is 23.3 Å². The van der Waals surface area contributed by atoms with E-state index >= 15 is 0 Å². The molecule has 0 spiro atoms. The van der Waals surface area contributed by atoms with Crippen LogP contribution in [0.5, 0.6) is 0 Å². The van der Waals surface area contributed by atoms with Crippen LogP contribution in [-0.4, -0.2) is 26.4 Å². The van der Waals surface area contributed by atoms with Crippen molar-refractivity contribution in [2.24, 2.45) is 5.92 Å². The Morgan fingerprint density at radius 2 is 1.73 bits per heavy atom. The molecule has 0 saturated carbocycles. The Morgan fingerprint density at radius 3 is 2.29 bits per heavy atom. The maximum absolute atomic E-state index is 13.4. The number of hydrogen-bond donors (Lipinski definition) is 0. The Kier molecular flexibility index (Phi) is 12.9. The molecule has 2 aliphatic rings. The first kappa shape index (κ1) is 36.1. The van der Waals surface area contributed by atoms with Gasteiger partial charge in [0, 0.05) is 36.4 Å². The van der Waals surface area contributed by atoms with E-state index in [1.165, 1.54) is 0 Å². The Hall–Kier alpha value is -5.13. The van der Waals surface area contributed by atoms with Gasteiger partial charge in [0.25, 0.3) is 5.56 Å². The summed E-state index contributed by atoms with van der Waals surface area (Å²) in [6, 6.07) is 4.13. The fraction of sp³-hybridized carbons (Fsp3) is 0.364. The third-order valence-corrected chi connectivity index (χ3v) is 6.86. The number of carbonyl (C=O) groups is 2. The molecule has 12 heteroatoms. The maximum Gasteiger partial charge on any atom is 0.352 e. The normalized spacial score (nSPS) is 16.3. The summed E-state index contributed by atoms with van der Waals surface area (Å²) in [6.07, 6.45) is 6.54. The topological polar surface area (TPSA) is 161 Å². The SMILES string of the molecule is C=C/C(=C(\C=C/C)/C=C1\Cc2cc3c(c(=O)n2C1)COC(=O)C3OC(=O)c1ccc([N+](=O)[O-])c([N+](=O)[O-])c1)C(C)C.CC.CC. The first-order valence-electron chi connectivity index (χ1n) is 14.7. The van der Waals surface area contributed by atoms with E-state index in [-0.39, 0.29) is 34.8 Å². The molecule has 2 aromatic rings. The van der Waals surface area contributed by atoms with Crippen LogP contribution >= 0.6 is 0 Å². The van der Waals surface area contributed by atoms with Crippen LogP contribution in [0, 0.1) is 26.1 Å². The predicted octanol–water partition coefficient (Wildman–Crippen LogP) is 6.87. The predicted molar refractivity (Wildman–Crippen MR) is 170 cm³/mol. The first-order chi connectivity index (χ1) is 21.5. The molecule has 2 aliphatic heterocycles. The molecule has 0 fully saturated rings. The first-order valence-corrected chi connectivity index (χ1v) is 14.7. The average molecular weight is 622 g/mol. The number of ether oxygens (including phenoxy) is 2. The van der Waals surface area contributed by atoms with E-state index < -0.39 is 39.3 Å². The molecule has 3 heterocycles. The van der Waals surface area contributed by atoms with Gasteiger partial charge >= 0.3 is 23.3 Å². The van der Waals surface area contributed by atoms with Crippen molar-refractivity contribution in [3.63, 3.8) is 0 Å². The molecule has 0 radical (unpaired) electrons. The van der Waals surface area contributed by atoms with Gasteiger partial charge in [-0.05, 0) is 41.7 Å². The highest BCUT2D eigenvalue weighted by molar-refractivity contribution is 5.93. The van der Waals surface area contributed by atoms with Crippen LogP contribution in [0.25, 0.3) is 0 Å². The standard InChI is InChI=1S/C29H27N3O9.2C2H6/c1-5-7-18(21(6-2)16(3)4)10-17-11-20-13-22-23(27(33)30(20)14-17)15-40-29(35)26(22)41-28(34)19-8-9-24(31(36)37)25(12-19)32(38)39;2*1-2/h5-10,12-13,16,26H,2,11,14-15H2,1,3-4H3;2*1-2H3/b7-5-,17-10+,21-18-;;. The van der Waals surface area contributed by atoms with Crippen molar-refractivity contribution in [1.29, 1.82) is 0 Å². The number of nitro benzene ring substituents is 2. The lowest BCUT2D eigenvalue weighted by molar-refractivity contribution is -0.422. The summed E-state index contributed by atoms with van der Waals surface area (Å²) in [6.45, 7) is 18.0. The second-order valence-corrected chi connectivity index (χ2v) is 9.82. The van der Waals surface area contributed by atoms with Crippen molar-refractivity contribution in [3.05, 3.63) is 125 Å². The molecule has 0 bridgehead atoms. The van der Waals surface area contributed by atoms with Crippen molar-refractivity contribution in [2.45, 2.75) is 74.1 Å². The fourth-order valence-electron chi connectivity index (χ4n) is 4.95. The van der Waals surface area contributed by atoms with Gasteiger partial charge in [0.05, 0.1) is 21.0 Å². The number of carbonyl (C=O) groups excluding carboxylic acids is 2. The summed E-state index contributed by atoms with van der Waals surface area (Å²) < 4.78 is 12.1. The lowest BCUT2D eigenvalue weighted by Crippen LogP contribution is -2.34. The Morgan fingerprint density at radius 1 is 1.09 bits per heavy atom. The Labute approximate surface area is 261 Å². The van der Waals surface area contributed by atoms with E-state index in [0.717, 1.165) is 28.9 Å². The summed E-state index contributed by atoms with van der Waals surface area (Å²) in [5, 5.41) is 22.4. The minimum atomic E-state index is -1.60. The largest absolute Gasteiger partial charge is 0.458 e. The van der Waals surface area contributed by atoms with Crippen LogP contribution in [-0.2, 0) is 33.8 Å². The molecule has 45 heavy (non-hydrogen) atoms. The molecule has 0 N–H and O–H groups in total. The highest BCUT2D eigenvalue weighted by Crippen LogP contribution is 2.33. The molecule has 0 amide bonds. The zero-order chi connectivity index (χ0) is 34.0. The minimum Gasteiger partial charge on any atom is -0.458 e. The monoisotopic (exact) mass is 621 g/mol. The Balaban J connectivity index is 0.00000169. The lowest BCUT2D eigenvalue weighted by Gasteiger charge is -2.25. The van der Waals surface area contributed by atoms with Crippen LogP contribution in [0.2, 0.25) is 0 Å². The quantitative estimate of drug-likeness (QED) is 0.133. The number of benzene rings is 1. The number of esters is 2. The number of nitro groups is 2. The molecule has 4 rings (SSSR count). The van der Waals surface area contributed by atoms with E-state index in [0.29, 0.717) is 24.7 Å². The molecule has 0 saturated heterocycles. The minimum absolute atomic E-state index is 0.153. The number of fused-ring (bicyclic) bond motifs is 2. The van der Waals surface area contributed by atoms with E-state index in [1.54, 1.807) is 10.6 Å². The maximum atomic E-state index is 13.4. The van der Waals surface area contributed by atoms with Gasteiger partial charge in [-0.1, -0.05) is 72.4 Å². The number of aromatic nitrogens is 1. The second-order valence-electron chi connectivity index (χ2n) is 9.82. The number of nitrogens with zero attached hydrogens (tertiary/aromatic N) is 3. The molecule has 0 aliphatic carbocycles. The third-order valence-electron chi connectivity index (χ3n) is 6.86. The van der Waals surface area contributed by atoms with Gasteiger partial charge in [0.1, 0.15) is 6.61 Å². The summed E-state index contributed by atoms with van der Waals surface area (Å²) >= 11 is 0. The van der Waals surface area contributed by atoms with Gasteiger partial charge in [-0.25, -0.2) is 9.59 Å². The van der Waals surface area contributed by atoms with Crippen molar-refractivity contribution < 1.29 is 28.9 Å². The Bertz CT molecular complexity index is 1650. The number of cyclic esters (lactones) is 1. The van der Waals surface area contributed by atoms with Crippen LogP contribution in [0.4, 0.5) is 11.4 Å². The van der Waals surface area contributed by atoms with Gasteiger partial charge < -0.3 is 14.0 Å². The zero-order valence-corrected chi connectivity index (χ0v) is 26.6. The van der Waals surface area contributed by atoms with Crippen LogP contribution < -0.4 is 5.56 Å². The molecule has 1 aromatic carbocycles. The fourth-order valence-corrected chi connectivity index (χ4v) is 4.95. The number of pyridine rings is 1. The third kappa shape index (κ3) is 7.88. The van der Waals surface area contributed by atoms with E-state index in [9.17, 15) is 34.6 Å². The number of allylic oxidation sites excluding steroid dienone is 7. The number of hydrogen-bond acceptors (Lipinski definition) is 9. The average Bonchev–Trinajstić information content (AvgIpc) is 3.43. The van der Waals surface area contributed by atoms with Crippen molar-refractivity contribution in [1.82, 2.24) is 4.57 Å². The highest BCUT2D eigenvalue weighted by Gasteiger charge is 2.37. The van der Waals surface area contributed by atoms with E-state index in [2.05, 4.69) is 20.4 Å². The summed E-state index contributed by atoms with van der Waals surface area (Å²) in [5.41, 5.74) is 1.44. The molecule has 1 unspecified atom stereocenters. The molecular weight excluding hydrogens is 582 g/mol. The van der Waals surface area contributed by atoms with Crippen molar-refractivity contribution in [3.8, 4) is 0 Å². The molecule has 1 atom stereocenters. The van der Waals surface area contributed by atoms with Gasteiger partial charge in [-0.15, -0.1) is 0 Å². The van der Waals surface area contributed by atoms with E-state index in [4.69, 9.17) is 9.47 Å². The van der Waals surface area contributed by atoms with Crippen LogP contribution in [0.1, 0.15) is 81.7 Å². The van der Waals surface area contributed by atoms with Crippen molar-refractivity contribution in [2.75, 3.05) is 0 Å². The zero-order valence-electron chi connectivity index (χ0n) is 26.6. The molecular formula is C33H39N3O9. The molecule has 12 nitrogen and oxygen atoms in total.